The normalized spacial score (nSPS) is 11.2. The first-order valence-corrected chi connectivity index (χ1v) is 5.33. The Bertz CT molecular complexity index is 627. The van der Waals surface area contributed by atoms with Crippen LogP contribution in [0.5, 0.6) is 5.75 Å². The largest absolute Gasteiger partial charge is 0.573 e. The van der Waals surface area contributed by atoms with Gasteiger partial charge in [-0.3, -0.25) is 4.79 Å². The van der Waals surface area contributed by atoms with Crippen LogP contribution in [0, 0.1) is 0 Å². The summed E-state index contributed by atoms with van der Waals surface area (Å²) in [7, 11) is 0. The Hall–Kier alpha value is -2.64. The van der Waals surface area contributed by atoms with Crippen LogP contribution in [-0.2, 0) is 0 Å². The van der Waals surface area contributed by atoms with Crippen molar-refractivity contribution in [1.29, 1.82) is 0 Å². The van der Waals surface area contributed by atoms with Gasteiger partial charge in [-0.2, -0.15) is 0 Å². The minimum absolute atomic E-state index is 0.108. The summed E-state index contributed by atoms with van der Waals surface area (Å²) in [6, 6.07) is 5.20. The molecule has 1 amide bonds. The molecule has 104 valence electrons. The highest BCUT2D eigenvalue weighted by molar-refractivity contribution is 5.92. The van der Waals surface area contributed by atoms with Gasteiger partial charge < -0.3 is 10.5 Å². The van der Waals surface area contributed by atoms with Crippen molar-refractivity contribution in [3.05, 3.63) is 42.2 Å². The number of aromatic nitrogens is 2. The average Bonchev–Trinajstić information content (AvgIpc) is 2.37. The van der Waals surface area contributed by atoms with Gasteiger partial charge in [-0.15, -0.1) is 13.2 Å². The van der Waals surface area contributed by atoms with Gasteiger partial charge in [-0.1, -0.05) is 12.1 Å². The molecule has 20 heavy (non-hydrogen) atoms. The average molecular weight is 283 g/mol. The lowest BCUT2D eigenvalue weighted by Gasteiger charge is -2.09. The molecule has 0 aliphatic heterocycles. The van der Waals surface area contributed by atoms with Crippen LogP contribution in [0.1, 0.15) is 10.4 Å². The zero-order valence-electron chi connectivity index (χ0n) is 9.89. The highest BCUT2D eigenvalue weighted by Crippen LogP contribution is 2.26. The lowest BCUT2D eigenvalue weighted by Crippen LogP contribution is -2.17. The Morgan fingerprint density at radius 3 is 2.40 bits per heavy atom. The number of carbonyl (C=O) groups is 1. The molecule has 0 unspecified atom stereocenters. The molecule has 0 spiro atoms. The Morgan fingerprint density at radius 1 is 1.20 bits per heavy atom. The number of amides is 1. The monoisotopic (exact) mass is 283 g/mol. The first kappa shape index (κ1) is 13.8. The second kappa shape index (κ2) is 5.16. The summed E-state index contributed by atoms with van der Waals surface area (Å²) < 4.78 is 40.1. The molecule has 2 rings (SSSR count). The van der Waals surface area contributed by atoms with Gasteiger partial charge in [0.1, 0.15) is 5.75 Å². The van der Waals surface area contributed by atoms with Gasteiger partial charge in [0.05, 0.1) is 5.56 Å². The van der Waals surface area contributed by atoms with Crippen LogP contribution in [0.3, 0.4) is 0 Å². The van der Waals surface area contributed by atoms with Crippen LogP contribution in [0.2, 0.25) is 0 Å². The van der Waals surface area contributed by atoms with Crippen molar-refractivity contribution in [2.75, 3.05) is 0 Å². The van der Waals surface area contributed by atoms with E-state index in [4.69, 9.17) is 5.73 Å². The van der Waals surface area contributed by atoms with E-state index in [1.165, 1.54) is 24.5 Å². The fraction of sp³-hybridized carbons (Fsp3) is 0.0833. The van der Waals surface area contributed by atoms with E-state index in [0.29, 0.717) is 5.56 Å². The van der Waals surface area contributed by atoms with Gasteiger partial charge in [0.25, 0.3) is 5.91 Å². The van der Waals surface area contributed by atoms with Crippen LogP contribution in [0.4, 0.5) is 13.2 Å². The molecule has 0 saturated heterocycles. The van der Waals surface area contributed by atoms with Crippen molar-refractivity contribution in [2.24, 2.45) is 5.73 Å². The Labute approximate surface area is 111 Å². The number of nitrogens with two attached hydrogens (primary N) is 1. The molecule has 0 fully saturated rings. The van der Waals surface area contributed by atoms with E-state index >= 15 is 0 Å². The molecule has 1 aromatic carbocycles. The number of alkyl halides is 3. The highest BCUT2D eigenvalue weighted by atomic mass is 19.4. The molecule has 8 heteroatoms. The minimum Gasteiger partial charge on any atom is -0.406 e. The number of carbonyl (C=O) groups excluding carboxylic acids is 1. The topological polar surface area (TPSA) is 78.1 Å². The lowest BCUT2D eigenvalue weighted by molar-refractivity contribution is -0.274. The van der Waals surface area contributed by atoms with Crippen LogP contribution < -0.4 is 10.5 Å². The van der Waals surface area contributed by atoms with Gasteiger partial charge in [0, 0.05) is 18.0 Å². The first-order chi connectivity index (χ1) is 9.35. The van der Waals surface area contributed by atoms with E-state index in [0.717, 1.165) is 12.1 Å². The lowest BCUT2D eigenvalue weighted by atomic mass is 10.2. The van der Waals surface area contributed by atoms with E-state index in [2.05, 4.69) is 14.7 Å². The number of halogens is 3. The van der Waals surface area contributed by atoms with E-state index in [-0.39, 0.29) is 17.1 Å². The molecule has 2 aromatic rings. The molecular formula is C12H8F3N3O2. The van der Waals surface area contributed by atoms with Crippen molar-refractivity contribution in [3.63, 3.8) is 0 Å². The second-order valence-corrected chi connectivity index (χ2v) is 3.74. The van der Waals surface area contributed by atoms with Gasteiger partial charge in [0.2, 0.25) is 0 Å². The SMILES string of the molecule is NC(=O)c1cnc(-c2cccc(OC(F)(F)F)c2)nc1. The van der Waals surface area contributed by atoms with Gasteiger partial charge in [-0.05, 0) is 12.1 Å². The third-order valence-electron chi connectivity index (χ3n) is 2.26. The predicted molar refractivity (Wildman–Crippen MR) is 62.7 cm³/mol. The zero-order chi connectivity index (χ0) is 14.8. The summed E-state index contributed by atoms with van der Waals surface area (Å²) in [6.45, 7) is 0. The molecule has 1 aromatic heterocycles. The van der Waals surface area contributed by atoms with E-state index < -0.39 is 12.3 Å². The van der Waals surface area contributed by atoms with Crippen molar-refractivity contribution >= 4 is 5.91 Å². The smallest absolute Gasteiger partial charge is 0.406 e. The number of nitrogens with zero attached hydrogens (tertiary/aromatic N) is 2. The summed E-state index contributed by atoms with van der Waals surface area (Å²) in [5.74, 6) is -0.911. The Balaban J connectivity index is 2.28. The molecular weight excluding hydrogens is 275 g/mol. The van der Waals surface area contributed by atoms with Crippen molar-refractivity contribution in [1.82, 2.24) is 9.97 Å². The van der Waals surface area contributed by atoms with Gasteiger partial charge in [0.15, 0.2) is 5.82 Å². The number of ether oxygens (including phenoxy) is 1. The van der Waals surface area contributed by atoms with E-state index in [1.54, 1.807) is 0 Å². The molecule has 0 atom stereocenters. The summed E-state index contributed by atoms with van der Waals surface area (Å²) >= 11 is 0. The maximum Gasteiger partial charge on any atom is 0.573 e. The minimum atomic E-state index is -4.77. The Kier molecular flexibility index (Phi) is 3.55. The van der Waals surface area contributed by atoms with Crippen LogP contribution in [0.25, 0.3) is 11.4 Å². The third kappa shape index (κ3) is 3.44. The predicted octanol–water partition coefficient (Wildman–Crippen LogP) is 2.14. The maximum atomic E-state index is 12.1. The number of hydrogen-bond acceptors (Lipinski definition) is 4. The molecule has 0 aliphatic carbocycles. The summed E-state index contributed by atoms with van der Waals surface area (Å²) in [6.07, 6.45) is -2.38. The van der Waals surface area contributed by atoms with Crippen molar-refractivity contribution < 1.29 is 22.7 Å². The molecule has 0 saturated carbocycles. The fourth-order valence-electron chi connectivity index (χ4n) is 1.44. The van der Waals surface area contributed by atoms with E-state index in [1.807, 2.05) is 0 Å². The van der Waals surface area contributed by atoms with Crippen LogP contribution in [0.15, 0.2) is 36.7 Å². The zero-order valence-corrected chi connectivity index (χ0v) is 9.89. The third-order valence-corrected chi connectivity index (χ3v) is 2.26. The van der Waals surface area contributed by atoms with Crippen molar-refractivity contribution in [3.8, 4) is 17.1 Å². The quantitative estimate of drug-likeness (QED) is 0.936. The standard InChI is InChI=1S/C12H8F3N3O2/c13-12(14,15)20-9-3-1-2-7(4-9)11-17-5-8(6-18-11)10(16)19/h1-6H,(H2,16,19). The van der Waals surface area contributed by atoms with Crippen LogP contribution >= 0.6 is 0 Å². The number of primary amides is 1. The van der Waals surface area contributed by atoms with Gasteiger partial charge >= 0.3 is 6.36 Å². The fourth-order valence-corrected chi connectivity index (χ4v) is 1.44. The molecule has 5 nitrogen and oxygen atoms in total. The molecule has 0 aliphatic rings. The molecule has 2 N–H and O–H groups in total. The van der Waals surface area contributed by atoms with E-state index in [9.17, 15) is 18.0 Å². The molecule has 0 bridgehead atoms. The van der Waals surface area contributed by atoms with Crippen molar-refractivity contribution in [2.45, 2.75) is 6.36 Å². The maximum absolute atomic E-state index is 12.1. The second-order valence-electron chi connectivity index (χ2n) is 3.74. The first-order valence-electron chi connectivity index (χ1n) is 5.33. The Morgan fingerprint density at radius 2 is 1.85 bits per heavy atom. The van der Waals surface area contributed by atoms with Gasteiger partial charge in [-0.25, -0.2) is 9.97 Å². The number of rotatable bonds is 3. The molecule has 0 radical (unpaired) electrons. The number of benzene rings is 1. The van der Waals surface area contributed by atoms with Crippen LogP contribution in [-0.4, -0.2) is 22.2 Å². The summed E-state index contributed by atoms with van der Waals surface area (Å²) in [5.41, 5.74) is 5.46. The summed E-state index contributed by atoms with van der Waals surface area (Å²) in [5, 5.41) is 0. The highest BCUT2D eigenvalue weighted by Gasteiger charge is 2.31. The molecule has 1 heterocycles. The summed E-state index contributed by atoms with van der Waals surface area (Å²) in [4.78, 5) is 18.6. The number of hydrogen-bond donors (Lipinski definition) is 1.